The van der Waals surface area contributed by atoms with Gasteiger partial charge in [-0.05, 0) is 13.8 Å². The van der Waals surface area contributed by atoms with Crippen molar-refractivity contribution in [1.29, 1.82) is 0 Å². The molecule has 0 fully saturated rings. The molecule has 0 aliphatic heterocycles. The molecule has 136 valence electrons. The summed E-state index contributed by atoms with van der Waals surface area (Å²) in [5, 5.41) is 8.85. The first-order valence-corrected chi connectivity index (χ1v) is 7.46. The molecule has 0 saturated heterocycles. The quantitative estimate of drug-likeness (QED) is 0.767. The van der Waals surface area contributed by atoms with Gasteiger partial charge >= 0.3 is 11.9 Å². The molecular formula is C16H23F2NO5. The van der Waals surface area contributed by atoms with Crippen molar-refractivity contribution in [3.8, 4) is 5.75 Å². The second-order valence-electron chi connectivity index (χ2n) is 4.51. The predicted molar refractivity (Wildman–Crippen MR) is 84.3 cm³/mol. The summed E-state index contributed by atoms with van der Waals surface area (Å²) in [4.78, 5) is 22.8. The van der Waals surface area contributed by atoms with Crippen LogP contribution in [0.15, 0.2) is 0 Å². The van der Waals surface area contributed by atoms with Crippen molar-refractivity contribution in [3.63, 3.8) is 0 Å². The van der Waals surface area contributed by atoms with Gasteiger partial charge in [0.25, 0.3) is 0 Å². The summed E-state index contributed by atoms with van der Waals surface area (Å²) in [6.45, 7) is 6.78. The van der Waals surface area contributed by atoms with E-state index in [9.17, 15) is 18.4 Å². The Labute approximate surface area is 139 Å². The van der Waals surface area contributed by atoms with E-state index in [0.717, 1.165) is 7.11 Å². The van der Waals surface area contributed by atoms with E-state index in [2.05, 4.69) is 4.74 Å². The van der Waals surface area contributed by atoms with Crippen LogP contribution >= 0.6 is 0 Å². The van der Waals surface area contributed by atoms with Crippen LogP contribution < -0.4 is 10.5 Å². The first-order valence-electron chi connectivity index (χ1n) is 7.46. The van der Waals surface area contributed by atoms with E-state index in [-0.39, 0.29) is 23.3 Å². The first kappa shape index (κ1) is 21.8. The molecule has 1 aromatic rings. The summed E-state index contributed by atoms with van der Waals surface area (Å²) < 4.78 is 37.9. The summed E-state index contributed by atoms with van der Waals surface area (Å²) in [5.41, 5.74) is 4.49. The summed E-state index contributed by atoms with van der Waals surface area (Å²) in [6.07, 6.45) is -0.507. The lowest BCUT2D eigenvalue weighted by Gasteiger charge is -2.18. The molecular weight excluding hydrogens is 324 g/mol. The maximum absolute atomic E-state index is 14.4. The summed E-state index contributed by atoms with van der Waals surface area (Å²) in [5.74, 6) is -5.23. The van der Waals surface area contributed by atoms with Gasteiger partial charge in [0.05, 0.1) is 19.3 Å². The number of carbonyl (C=O) groups excluding carboxylic acids is 1. The number of nitrogens with two attached hydrogens (primary N) is 1. The zero-order valence-corrected chi connectivity index (χ0v) is 14.4. The van der Waals surface area contributed by atoms with E-state index in [4.69, 9.17) is 15.6 Å². The zero-order valence-electron chi connectivity index (χ0n) is 14.4. The average Bonchev–Trinajstić information content (AvgIpc) is 2.55. The van der Waals surface area contributed by atoms with Crippen LogP contribution in [0.3, 0.4) is 0 Å². The highest BCUT2D eigenvalue weighted by molar-refractivity contribution is 5.93. The highest BCUT2D eigenvalue weighted by Gasteiger charge is 2.29. The normalized spacial score (nSPS) is 11.2. The Hall–Kier alpha value is -2.22. The van der Waals surface area contributed by atoms with Crippen molar-refractivity contribution in [2.75, 3.05) is 13.7 Å². The lowest BCUT2D eigenvalue weighted by atomic mass is 9.95. The maximum Gasteiger partial charge on any atom is 0.338 e. The van der Waals surface area contributed by atoms with Gasteiger partial charge in [0.1, 0.15) is 6.04 Å². The van der Waals surface area contributed by atoms with Crippen LogP contribution in [-0.4, -0.2) is 36.8 Å². The van der Waals surface area contributed by atoms with Crippen LogP contribution in [0.5, 0.6) is 5.75 Å². The number of benzene rings is 1. The number of aliphatic carboxylic acids is 1. The van der Waals surface area contributed by atoms with Gasteiger partial charge in [-0.25, -0.2) is 13.6 Å². The fourth-order valence-corrected chi connectivity index (χ4v) is 2.01. The topological polar surface area (TPSA) is 98.9 Å². The highest BCUT2D eigenvalue weighted by Crippen LogP contribution is 2.32. The fourth-order valence-electron chi connectivity index (χ4n) is 2.01. The number of hydrogen-bond acceptors (Lipinski definition) is 5. The molecule has 1 atom stereocenters. The number of halogens is 2. The van der Waals surface area contributed by atoms with Crippen LogP contribution in [0.1, 0.15) is 42.3 Å². The second kappa shape index (κ2) is 9.82. The number of esters is 1. The Balaban J connectivity index is 0.00000254. The number of methoxy groups -OCH3 is 1. The lowest BCUT2D eigenvalue weighted by molar-refractivity contribution is -0.138. The number of rotatable bonds is 6. The molecule has 0 bridgehead atoms. The molecule has 0 saturated carbocycles. The van der Waals surface area contributed by atoms with Crippen molar-refractivity contribution >= 4 is 11.9 Å². The van der Waals surface area contributed by atoms with E-state index < -0.39 is 41.8 Å². The van der Waals surface area contributed by atoms with Crippen molar-refractivity contribution < 1.29 is 33.0 Å². The molecule has 3 N–H and O–H groups in total. The van der Waals surface area contributed by atoms with Gasteiger partial charge in [0.2, 0.25) is 0 Å². The molecule has 1 unspecified atom stereocenters. The lowest BCUT2D eigenvalue weighted by Crippen LogP contribution is -2.33. The molecule has 24 heavy (non-hydrogen) atoms. The maximum atomic E-state index is 14.4. The van der Waals surface area contributed by atoms with Crippen molar-refractivity contribution in [2.45, 2.75) is 40.2 Å². The molecule has 0 radical (unpaired) electrons. The molecule has 0 aromatic heterocycles. The predicted octanol–water partition coefficient (Wildman–Crippen LogP) is 2.44. The standard InChI is InChI=1S/C14H17F2NO5.C2H6/c1-4-22-14(20)9-6(2)10(15)12(21-3)11(16)7(9)5-8(17)13(18)19;1-2/h8H,4-5,17H2,1-3H3,(H,18,19);1-2H3. The van der Waals surface area contributed by atoms with Crippen LogP contribution in [-0.2, 0) is 16.0 Å². The molecule has 0 aliphatic rings. The number of carboxylic acids is 1. The largest absolute Gasteiger partial charge is 0.491 e. The molecule has 6 nitrogen and oxygen atoms in total. The minimum Gasteiger partial charge on any atom is -0.491 e. The molecule has 0 aliphatic carbocycles. The van der Waals surface area contributed by atoms with E-state index in [0.29, 0.717) is 0 Å². The fraction of sp³-hybridized carbons (Fsp3) is 0.500. The smallest absolute Gasteiger partial charge is 0.338 e. The van der Waals surface area contributed by atoms with Gasteiger partial charge in [-0.1, -0.05) is 13.8 Å². The third-order valence-corrected chi connectivity index (χ3v) is 3.09. The molecule has 0 heterocycles. The Kier molecular flexibility index (Phi) is 8.91. The molecule has 1 rings (SSSR count). The van der Waals surface area contributed by atoms with Crippen molar-refractivity contribution in [3.05, 3.63) is 28.3 Å². The monoisotopic (exact) mass is 347 g/mol. The minimum absolute atomic E-state index is 0.00202. The SMILES string of the molecule is CC.CCOC(=O)c1c(C)c(F)c(OC)c(F)c1CC(N)C(=O)O. The van der Waals surface area contributed by atoms with Crippen LogP contribution in [0.25, 0.3) is 0 Å². The molecule has 0 spiro atoms. The second-order valence-corrected chi connectivity index (χ2v) is 4.51. The molecule has 0 amide bonds. The first-order chi connectivity index (χ1) is 11.3. The van der Waals surface area contributed by atoms with Crippen LogP contribution in [0.2, 0.25) is 0 Å². The highest BCUT2D eigenvalue weighted by atomic mass is 19.1. The Bertz CT molecular complexity index is 605. The van der Waals surface area contributed by atoms with E-state index in [1.165, 1.54) is 13.8 Å². The van der Waals surface area contributed by atoms with Crippen LogP contribution in [0.4, 0.5) is 8.78 Å². The van der Waals surface area contributed by atoms with Gasteiger partial charge in [-0.15, -0.1) is 0 Å². The number of carboxylic acid groups (broad SMARTS) is 1. The summed E-state index contributed by atoms with van der Waals surface area (Å²) in [6, 6.07) is -1.46. The summed E-state index contributed by atoms with van der Waals surface area (Å²) >= 11 is 0. The molecule has 1 aromatic carbocycles. The minimum atomic E-state index is -1.46. The van der Waals surface area contributed by atoms with E-state index >= 15 is 0 Å². The van der Waals surface area contributed by atoms with E-state index in [1.807, 2.05) is 13.8 Å². The van der Waals surface area contributed by atoms with Crippen molar-refractivity contribution in [1.82, 2.24) is 0 Å². The number of hydrogen-bond donors (Lipinski definition) is 2. The Morgan fingerprint density at radius 2 is 1.79 bits per heavy atom. The zero-order chi connectivity index (χ0) is 19.0. The Morgan fingerprint density at radius 1 is 1.25 bits per heavy atom. The number of carbonyl (C=O) groups is 2. The van der Waals surface area contributed by atoms with E-state index in [1.54, 1.807) is 0 Å². The van der Waals surface area contributed by atoms with Gasteiger partial charge in [-0.2, -0.15) is 0 Å². The number of ether oxygens (including phenoxy) is 2. The van der Waals surface area contributed by atoms with Gasteiger partial charge in [0, 0.05) is 17.5 Å². The van der Waals surface area contributed by atoms with Gasteiger partial charge in [-0.3, -0.25) is 4.79 Å². The summed E-state index contributed by atoms with van der Waals surface area (Å²) in [7, 11) is 1.06. The third kappa shape index (κ3) is 4.64. The van der Waals surface area contributed by atoms with Gasteiger partial charge in [0.15, 0.2) is 17.4 Å². The van der Waals surface area contributed by atoms with Crippen molar-refractivity contribution in [2.24, 2.45) is 5.73 Å². The molecule has 8 heteroatoms. The average molecular weight is 347 g/mol. The third-order valence-electron chi connectivity index (χ3n) is 3.09. The Morgan fingerprint density at radius 3 is 2.21 bits per heavy atom. The van der Waals surface area contributed by atoms with Crippen LogP contribution in [0, 0.1) is 18.6 Å². The van der Waals surface area contributed by atoms with Gasteiger partial charge < -0.3 is 20.3 Å².